The van der Waals surface area contributed by atoms with Crippen molar-refractivity contribution < 1.29 is 4.74 Å². The molecular weight excluding hydrogens is 268 g/mol. The first kappa shape index (κ1) is 13.2. The van der Waals surface area contributed by atoms with E-state index >= 15 is 0 Å². The van der Waals surface area contributed by atoms with Crippen LogP contribution in [0.1, 0.15) is 6.92 Å². The number of hydrogen-bond acceptors (Lipinski definition) is 6. The molecule has 0 radical (unpaired) electrons. The van der Waals surface area contributed by atoms with Gasteiger partial charge in [0.05, 0.1) is 12.8 Å². The summed E-state index contributed by atoms with van der Waals surface area (Å²) in [7, 11) is 0. The van der Waals surface area contributed by atoms with E-state index < -0.39 is 0 Å². The van der Waals surface area contributed by atoms with Crippen LogP contribution in [0, 0.1) is 0 Å². The predicted molar refractivity (Wildman–Crippen MR) is 81.7 cm³/mol. The first-order valence-corrected chi connectivity index (χ1v) is 6.60. The van der Waals surface area contributed by atoms with Crippen LogP contribution in [0.25, 0.3) is 5.65 Å². The summed E-state index contributed by atoms with van der Waals surface area (Å²) in [5, 5.41) is 3.24. The van der Waals surface area contributed by atoms with Crippen LogP contribution in [-0.2, 0) is 0 Å². The molecule has 4 N–H and O–H groups in total. The normalized spacial score (nSPS) is 10.6. The molecule has 21 heavy (non-hydrogen) atoms. The molecule has 3 rings (SSSR count). The van der Waals surface area contributed by atoms with Crippen LogP contribution in [0.15, 0.2) is 42.9 Å². The van der Waals surface area contributed by atoms with Gasteiger partial charge in [0.25, 0.3) is 0 Å². The summed E-state index contributed by atoms with van der Waals surface area (Å²) in [5.74, 6) is 7.40. The molecule has 108 valence electrons. The van der Waals surface area contributed by atoms with Crippen molar-refractivity contribution in [2.75, 3.05) is 17.3 Å². The third kappa shape index (κ3) is 2.72. The summed E-state index contributed by atoms with van der Waals surface area (Å²) in [4.78, 5) is 8.68. The van der Waals surface area contributed by atoms with E-state index in [1.807, 2.05) is 41.8 Å². The van der Waals surface area contributed by atoms with E-state index in [2.05, 4.69) is 20.7 Å². The molecule has 0 saturated carbocycles. The van der Waals surface area contributed by atoms with Crippen LogP contribution in [0.3, 0.4) is 0 Å². The SMILES string of the molecule is CCOc1cccc(Nc2nc(NN)cn3ccnc23)c1. The number of hydrogen-bond donors (Lipinski definition) is 3. The Balaban J connectivity index is 1.97. The van der Waals surface area contributed by atoms with Crippen LogP contribution >= 0.6 is 0 Å². The first-order chi connectivity index (χ1) is 10.3. The van der Waals surface area contributed by atoms with Gasteiger partial charge in [-0.1, -0.05) is 6.07 Å². The number of anilines is 3. The minimum Gasteiger partial charge on any atom is -0.494 e. The van der Waals surface area contributed by atoms with E-state index in [1.54, 1.807) is 12.4 Å². The van der Waals surface area contributed by atoms with Gasteiger partial charge in [0, 0.05) is 24.1 Å². The molecule has 0 unspecified atom stereocenters. The van der Waals surface area contributed by atoms with Crippen molar-refractivity contribution in [2.24, 2.45) is 5.84 Å². The number of hydrazine groups is 1. The minimum atomic E-state index is 0.545. The predicted octanol–water partition coefficient (Wildman–Crippen LogP) is 2.16. The number of nitrogens with two attached hydrogens (primary N) is 1. The summed E-state index contributed by atoms with van der Waals surface area (Å²) in [6, 6.07) is 7.67. The van der Waals surface area contributed by atoms with Crippen LogP contribution in [0.5, 0.6) is 5.75 Å². The topological polar surface area (TPSA) is 89.5 Å². The Morgan fingerprint density at radius 1 is 1.38 bits per heavy atom. The average molecular weight is 284 g/mol. The zero-order chi connectivity index (χ0) is 14.7. The molecule has 2 heterocycles. The summed E-state index contributed by atoms with van der Waals surface area (Å²) in [5.41, 5.74) is 4.13. The molecule has 0 aliphatic rings. The van der Waals surface area contributed by atoms with Crippen molar-refractivity contribution >= 4 is 23.0 Å². The Kier molecular flexibility index (Phi) is 3.57. The van der Waals surface area contributed by atoms with Crippen molar-refractivity contribution in [1.29, 1.82) is 0 Å². The molecule has 0 aliphatic heterocycles. The number of ether oxygens (including phenoxy) is 1. The summed E-state index contributed by atoms with van der Waals surface area (Å²) >= 11 is 0. The van der Waals surface area contributed by atoms with E-state index in [9.17, 15) is 0 Å². The summed E-state index contributed by atoms with van der Waals surface area (Å²) in [6.07, 6.45) is 5.31. The van der Waals surface area contributed by atoms with Crippen LogP contribution in [0.2, 0.25) is 0 Å². The van der Waals surface area contributed by atoms with Gasteiger partial charge in [-0.15, -0.1) is 0 Å². The molecule has 1 aromatic carbocycles. The second-order valence-corrected chi connectivity index (χ2v) is 4.36. The number of imidazole rings is 1. The fourth-order valence-corrected chi connectivity index (χ4v) is 2.05. The fraction of sp³-hybridized carbons (Fsp3) is 0.143. The molecule has 7 heteroatoms. The van der Waals surface area contributed by atoms with E-state index in [0.29, 0.717) is 18.2 Å². The lowest BCUT2D eigenvalue weighted by molar-refractivity contribution is 0.340. The quantitative estimate of drug-likeness (QED) is 0.491. The largest absolute Gasteiger partial charge is 0.494 e. The highest BCUT2D eigenvalue weighted by molar-refractivity contribution is 5.72. The third-order valence-corrected chi connectivity index (χ3v) is 2.93. The molecule has 0 atom stereocenters. The second-order valence-electron chi connectivity index (χ2n) is 4.36. The van der Waals surface area contributed by atoms with Crippen molar-refractivity contribution in [3.8, 4) is 5.75 Å². The Labute approximate surface area is 121 Å². The van der Waals surface area contributed by atoms with Gasteiger partial charge >= 0.3 is 0 Å². The van der Waals surface area contributed by atoms with Gasteiger partial charge < -0.3 is 19.9 Å². The monoisotopic (exact) mass is 284 g/mol. The molecule has 0 amide bonds. The maximum Gasteiger partial charge on any atom is 0.180 e. The molecule has 2 aromatic heterocycles. The van der Waals surface area contributed by atoms with Gasteiger partial charge in [0.2, 0.25) is 0 Å². The molecular formula is C14H16N6O. The zero-order valence-electron chi connectivity index (χ0n) is 11.6. The lowest BCUT2D eigenvalue weighted by Crippen LogP contribution is -2.11. The number of benzene rings is 1. The number of nitrogen functional groups attached to an aromatic ring is 1. The second kappa shape index (κ2) is 5.68. The fourth-order valence-electron chi connectivity index (χ4n) is 2.05. The minimum absolute atomic E-state index is 0.545. The molecule has 7 nitrogen and oxygen atoms in total. The number of nitrogens with one attached hydrogen (secondary N) is 2. The maximum atomic E-state index is 5.49. The Morgan fingerprint density at radius 2 is 2.29 bits per heavy atom. The number of fused-ring (bicyclic) bond motifs is 1. The number of nitrogens with zero attached hydrogens (tertiary/aromatic N) is 3. The molecule has 0 aliphatic carbocycles. The highest BCUT2D eigenvalue weighted by atomic mass is 16.5. The number of aromatic nitrogens is 3. The lowest BCUT2D eigenvalue weighted by Gasteiger charge is -2.10. The molecule has 0 fully saturated rings. The highest BCUT2D eigenvalue weighted by Crippen LogP contribution is 2.23. The highest BCUT2D eigenvalue weighted by Gasteiger charge is 2.08. The van der Waals surface area contributed by atoms with Crippen molar-refractivity contribution in [3.05, 3.63) is 42.9 Å². The van der Waals surface area contributed by atoms with E-state index in [-0.39, 0.29) is 0 Å². The lowest BCUT2D eigenvalue weighted by atomic mass is 10.3. The first-order valence-electron chi connectivity index (χ1n) is 6.60. The van der Waals surface area contributed by atoms with Gasteiger partial charge in [-0.2, -0.15) is 0 Å². The number of rotatable bonds is 5. The van der Waals surface area contributed by atoms with Gasteiger partial charge in [-0.3, -0.25) is 0 Å². The molecule has 0 saturated heterocycles. The smallest absolute Gasteiger partial charge is 0.180 e. The van der Waals surface area contributed by atoms with E-state index in [1.165, 1.54) is 0 Å². The zero-order valence-corrected chi connectivity index (χ0v) is 11.6. The van der Waals surface area contributed by atoms with Crippen molar-refractivity contribution in [1.82, 2.24) is 14.4 Å². The van der Waals surface area contributed by atoms with Gasteiger partial charge in [-0.25, -0.2) is 15.8 Å². The Morgan fingerprint density at radius 3 is 3.10 bits per heavy atom. The third-order valence-electron chi connectivity index (χ3n) is 2.93. The van der Waals surface area contributed by atoms with Crippen molar-refractivity contribution in [2.45, 2.75) is 6.92 Å². The molecule has 0 bridgehead atoms. The standard InChI is InChI=1S/C14H16N6O/c1-2-21-11-5-3-4-10(8-11)17-13-14-16-6-7-20(14)9-12(18-13)19-15/h3-9,19H,2,15H2,1H3,(H,17,18). The molecule has 0 spiro atoms. The average Bonchev–Trinajstić information content (AvgIpc) is 2.96. The van der Waals surface area contributed by atoms with Gasteiger partial charge in [0.15, 0.2) is 17.3 Å². The van der Waals surface area contributed by atoms with Gasteiger partial charge in [0.1, 0.15) is 5.75 Å². The van der Waals surface area contributed by atoms with Crippen molar-refractivity contribution in [3.63, 3.8) is 0 Å². The van der Waals surface area contributed by atoms with Crippen LogP contribution in [-0.4, -0.2) is 21.0 Å². The van der Waals surface area contributed by atoms with Gasteiger partial charge in [-0.05, 0) is 19.1 Å². The maximum absolute atomic E-state index is 5.49. The van der Waals surface area contributed by atoms with Crippen LogP contribution < -0.4 is 21.3 Å². The van der Waals surface area contributed by atoms with E-state index in [0.717, 1.165) is 17.1 Å². The van der Waals surface area contributed by atoms with Crippen LogP contribution in [0.4, 0.5) is 17.3 Å². The summed E-state index contributed by atoms with van der Waals surface area (Å²) in [6.45, 7) is 2.57. The Hall–Kier alpha value is -2.80. The Bertz CT molecular complexity index is 754. The van der Waals surface area contributed by atoms with E-state index in [4.69, 9.17) is 10.6 Å². The summed E-state index contributed by atoms with van der Waals surface area (Å²) < 4.78 is 7.33. The molecule has 3 aromatic rings.